The fourth-order valence-corrected chi connectivity index (χ4v) is 4.76. The van der Waals surface area contributed by atoms with Gasteiger partial charge in [0.1, 0.15) is 10.8 Å². The largest absolute Gasteiger partial charge is 0.366 e. The molecule has 29 heavy (non-hydrogen) atoms. The molecule has 2 aromatic carbocycles. The van der Waals surface area contributed by atoms with Crippen molar-refractivity contribution in [2.24, 2.45) is 5.73 Å². The van der Waals surface area contributed by atoms with E-state index in [1.807, 2.05) is 36.6 Å². The van der Waals surface area contributed by atoms with Gasteiger partial charge in [0.05, 0.1) is 11.4 Å². The van der Waals surface area contributed by atoms with Crippen LogP contribution < -0.4 is 5.73 Å². The lowest BCUT2D eigenvalue weighted by molar-refractivity contribution is 0.100. The van der Waals surface area contributed by atoms with E-state index in [9.17, 15) is 4.79 Å². The molecular weight excluding hydrogens is 402 g/mol. The molecule has 0 saturated carbocycles. The Bertz CT molecular complexity index is 1160. The summed E-state index contributed by atoms with van der Waals surface area (Å²) >= 11 is 3.19. The van der Waals surface area contributed by atoms with Crippen molar-refractivity contribution in [3.05, 3.63) is 76.6 Å². The van der Waals surface area contributed by atoms with Crippen LogP contribution in [0.25, 0.3) is 16.3 Å². The molecule has 8 heteroatoms. The number of aromatic nitrogens is 4. The first-order chi connectivity index (χ1) is 14.0. The molecule has 0 saturated heterocycles. The van der Waals surface area contributed by atoms with Crippen LogP contribution in [-0.4, -0.2) is 25.7 Å². The van der Waals surface area contributed by atoms with Crippen molar-refractivity contribution >= 4 is 29.0 Å². The fraction of sp³-hybridized carbons (Fsp3) is 0.143. The Morgan fingerprint density at radius 1 is 1.10 bits per heavy atom. The lowest BCUT2D eigenvalue weighted by atomic mass is 10.1. The minimum Gasteiger partial charge on any atom is -0.366 e. The number of para-hydroxylation sites is 1. The molecule has 2 aromatic heterocycles. The summed E-state index contributed by atoms with van der Waals surface area (Å²) in [5.74, 6) is 1.12. The van der Waals surface area contributed by atoms with Crippen LogP contribution in [0.3, 0.4) is 0 Å². The third kappa shape index (κ3) is 4.08. The summed E-state index contributed by atoms with van der Waals surface area (Å²) in [5, 5.41) is 12.4. The molecule has 2 heterocycles. The molecule has 0 bridgehead atoms. The molecule has 4 aromatic rings. The predicted octanol–water partition coefficient (Wildman–Crippen LogP) is 4.40. The second-order valence-corrected chi connectivity index (χ2v) is 8.33. The Kier molecular flexibility index (Phi) is 5.46. The molecule has 0 radical (unpaired) electrons. The van der Waals surface area contributed by atoms with Gasteiger partial charge in [-0.15, -0.1) is 21.5 Å². The summed E-state index contributed by atoms with van der Waals surface area (Å²) < 4.78 is 2.08. The van der Waals surface area contributed by atoms with Crippen molar-refractivity contribution < 1.29 is 4.79 Å². The van der Waals surface area contributed by atoms with Crippen molar-refractivity contribution in [2.45, 2.75) is 24.8 Å². The smallest absolute Gasteiger partial charge is 0.248 e. The van der Waals surface area contributed by atoms with Gasteiger partial charge in [-0.25, -0.2) is 4.98 Å². The quantitative estimate of drug-likeness (QED) is 0.466. The van der Waals surface area contributed by atoms with Crippen LogP contribution in [0.1, 0.15) is 27.4 Å². The van der Waals surface area contributed by atoms with Crippen molar-refractivity contribution in [2.75, 3.05) is 0 Å². The van der Waals surface area contributed by atoms with E-state index in [2.05, 4.69) is 33.8 Å². The molecule has 0 atom stereocenters. The van der Waals surface area contributed by atoms with Crippen LogP contribution in [0, 0.1) is 13.8 Å². The van der Waals surface area contributed by atoms with Crippen molar-refractivity contribution in [1.29, 1.82) is 0 Å². The Morgan fingerprint density at radius 3 is 2.59 bits per heavy atom. The number of nitrogens with two attached hydrogens (primary N) is 1. The number of carbonyl (C=O) groups excluding carboxylic acids is 1. The molecule has 0 aliphatic carbocycles. The summed E-state index contributed by atoms with van der Waals surface area (Å²) in [4.78, 5) is 15.9. The van der Waals surface area contributed by atoms with Gasteiger partial charge < -0.3 is 5.73 Å². The average Bonchev–Trinajstić information content (AvgIpc) is 3.34. The van der Waals surface area contributed by atoms with Crippen molar-refractivity contribution in [1.82, 2.24) is 19.7 Å². The summed E-state index contributed by atoms with van der Waals surface area (Å²) in [6.45, 7) is 4.04. The Morgan fingerprint density at radius 2 is 1.86 bits per heavy atom. The predicted molar refractivity (Wildman–Crippen MR) is 116 cm³/mol. The van der Waals surface area contributed by atoms with Crippen LogP contribution in [0.15, 0.2) is 59.1 Å². The van der Waals surface area contributed by atoms with E-state index in [0.29, 0.717) is 11.3 Å². The minimum absolute atomic E-state index is 0.430. The average molecular weight is 422 g/mol. The molecular formula is C21H19N5OS2. The van der Waals surface area contributed by atoms with Gasteiger partial charge >= 0.3 is 0 Å². The number of hydrogen-bond acceptors (Lipinski definition) is 6. The lowest BCUT2D eigenvalue weighted by Gasteiger charge is -2.10. The number of thiazole rings is 1. The number of thioether (sulfide) groups is 1. The van der Waals surface area contributed by atoms with E-state index in [0.717, 1.165) is 32.9 Å². The number of carbonyl (C=O) groups is 1. The second-order valence-electron chi connectivity index (χ2n) is 6.53. The number of primary amides is 1. The number of benzene rings is 2. The van der Waals surface area contributed by atoms with Gasteiger partial charge in [0.25, 0.3) is 0 Å². The molecule has 6 nitrogen and oxygen atoms in total. The molecule has 4 rings (SSSR count). The molecule has 2 N–H and O–H groups in total. The number of rotatable bonds is 6. The van der Waals surface area contributed by atoms with Gasteiger partial charge in [-0.05, 0) is 37.6 Å². The highest BCUT2D eigenvalue weighted by atomic mass is 32.2. The van der Waals surface area contributed by atoms with E-state index in [1.54, 1.807) is 35.2 Å². The molecule has 0 unspecified atom stereocenters. The SMILES string of the molecule is Cc1ccccc1-n1c(C)nnc1SCc1csc(-c2ccc(C(N)=O)cc2)n1. The van der Waals surface area contributed by atoms with Gasteiger partial charge in [0.2, 0.25) is 5.91 Å². The highest BCUT2D eigenvalue weighted by Crippen LogP contribution is 2.29. The van der Waals surface area contributed by atoms with Gasteiger partial charge in [-0.3, -0.25) is 9.36 Å². The third-order valence-corrected chi connectivity index (χ3v) is 6.37. The second kappa shape index (κ2) is 8.18. The standard InChI is InChI=1S/C21H19N5OS2/c1-13-5-3-4-6-18(13)26-14(2)24-25-21(26)29-12-17-11-28-20(23-17)16-9-7-15(8-10-16)19(22)27/h3-11H,12H2,1-2H3,(H2,22,27). The van der Waals surface area contributed by atoms with Gasteiger partial charge in [0, 0.05) is 22.3 Å². The first kappa shape index (κ1) is 19.4. The number of amides is 1. The molecule has 0 spiro atoms. The van der Waals surface area contributed by atoms with Gasteiger partial charge in [0.15, 0.2) is 5.16 Å². The van der Waals surface area contributed by atoms with Crippen LogP contribution in [0.4, 0.5) is 0 Å². The zero-order valence-electron chi connectivity index (χ0n) is 16.0. The highest BCUT2D eigenvalue weighted by Gasteiger charge is 2.14. The van der Waals surface area contributed by atoms with Crippen LogP contribution in [-0.2, 0) is 5.75 Å². The normalized spacial score (nSPS) is 11.0. The Hall–Kier alpha value is -2.97. The molecule has 0 aliphatic rings. The van der Waals surface area contributed by atoms with Crippen molar-refractivity contribution in [3.8, 4) is 16.3 Å². The first-order valence-electron chi connectivity index (χ1n) is 8.98. The molecule has 146 valence electrons. The number of aryl methyl sites for hydroxylation is 2. The monoisotopic (exact) mass is 421 g/mol. The lowest BCUT2D eigenvalue weighted by Crippen LogP contribution is -2.10. The van der Waals surface area contributed by atoms with E-state index < -0.39 is 5.91 Å². The van der Waals surface area contributed by atoms with Gasteiger partial charge in [-0.1, -0.05) is 42.1 Å². The zero-order chi connectivity index (χ0) is 20.4. The highest BCUT2D eigenvalue weighted by molar-refractivity contribution is 7.98. The zero-order valence-corrected chi connectivity index (χ0v) is 17.6. The van der Waals surface area contributed by atoms with Crippen LogP contribution in [0.5, 0.6) is 0 Å². The van der Waals surface area contributed by atoms with E-state index in [1.165, 1.54) is 5.56 Å². The molecule has 0 fully saturated rings. The van der Waals surface area contributed by atoms with Crippen molar-refractivity contribution in [3.63, 3.8) is 0 Å². The summed E-state index contributed by atoms with van der Waals surface area (Å²) in [6.07, 6.45) is 0. The van der Waals surface area contributed by atoms with Gasteiger partial charge in [-0.2, -0.15) is 0 Å². The van der Waals surface area contributed by atoms with E-state index >= 15 is 0 Å². The molecule has 0 aliphatic heterocycles. The van der Waals surface area contributed by atoms with Crippen LogP contribution in [0.2, 0.25) is 0 Å². The van der Waals surface area contributed by atoms with Crippen LogP contribution >= 0.6 is 23.1 Å². The summed E-state index contributed by atoms with van der Waals surface area (Å²) in [5.41, 5.74) is 10.00. The maximum atomic E-state index is 11.2. The Labute approximate surface area is 176 Å². The topological polar surface area (TPSA) is 86.7 Å². The number of nitrogens with zero attached hydrogens (tertiary/aromatic N) is 4. The summed E-state index contributed by atoms with van der Waals surface area (Å²) in [6, 6.07) is 15.4. The maximum absolute atomic E-state index is 11.2. The number of hydrogen-bond donors (Lipinski definition) is 1. The Balaban J connectivity index is 1.51. The molecule has 1 amide bonds. The van der Waals surface area contributed by atoms with E-state index in [-0.39, 0.29) is 0 Å². The van der Waals surface area contributed by atoms with E-state index in [4.69, 9.17) is 10.7 Å². The minimum atomic E-state index is -0.430. The first-order valence-corrected chi connectivity index (χ1v) is 10.8. The third-order valence-electron chi connectivity index (χ3n) is 4.47. The maximum Gasteiger partial charge on any atom is 0.248 e. The fourth-order valence-electron chi connectivity index (χ4n) is 2.95. The summed E-state index contributed by atoms with van der Waals surface area (Å²) in [7, 11) is 0.